The van der Waals surface area contributed by atoms with E-state index >= 15 is 0 Å². The molecule has 8 heteroatoms. The Balaban J connectivity index is 0.00000289. The molecule has 18 heavy (non-hydrogen) atoms. The molecule has 1 heterocycles. The van der Waals surface area contributed by atoms with Crippen molar-refractivity contribution < 1.29 is 13.2 Å². The lowest BCUT2D eigenvalue weighted by molar-refractivity contribution is -0.136. The molecule has 0 spiro atoms. The number of rotatable bonds is 4. The number of sulfonamides is 1. The van der Waals surface area contributed by atoms with Gasteiger partial charge in [-0.3, -0.25) is 4.79 Å². The average Bonchev–Trinajstić information content (AvgIpc) is 2.25. The van der Waals surface area contributed by atoms with E-state index in [0.29, 0.717) is 13.1 Å². The molecule has 1 aliphatic heterocycles. The predicted octanol–water partition coefficient (Wildman–Crippen LogP) is -0.314. The Morgan fingerprint density at radius 1 is 1.50 bits per heavy atom. The highest BCUT2D eigenvalue weighted by Gasteiger charge is 2.29. The van der Waals surface area contributed by atoms with Gasteiger partial charge in [0.25, 0.3) is 0 Å². The van der Waals surface area contributed by atoms with Crippen LogP contribution in [0, 0.1) is 0 Å². The van der Waals surface area contributed by atoms with Crippen LogP contribution in [0.2, 0.25) is 0 Å². The smallest absolute Gasteiger partial charge is 0.240 e. The van der Waals surface area contributed by atoms with E-state index in [0.717, 1.165) is 25.5 Å². The van der Waals surface area contributed by atoms with E-state index in [-0.39, 0.29) is 24.4 Å². The van der Waals surface area contributed by atoms with Gasteiger partial charge in [-0.15, -0.1) is 12.4 Å². The third-order valence-electron chi connectivity index (χ3n) is 2.94. The Morgan fingerprint density at radius 3 is 2.61 bits per heavy atom. The lowest BCUT2D eigenvalue weighted by atomic mass is 10.0. The Bertz CT molecular complexity index is 375. The largest absolute Gasteiger partial charge is 0.337 e. The van der Waals surface area contributed by atoms with Crippen molar-refractivity contribution in [2.24, 2.45) is 5.73 Å². The first-order chi connectivity index (χ1) is 7.85. The molecule has 0 aliphatic carbocycles. The van der Waals surface area contributed by atoms with Crippen LogP contribution in [-0.2, 0) is 14.8 Å². The zero-order chi connectivity index (χ0) is 13.1. The molecule has 0 bridgehead atoms. The van der Waals surface area contributed by atoms with Gasteiger partial charge in [-0.05, 0) is 26.2 Å². The van der Waals surface area contributed by atoms with Crippen LogP contribution in [-0.4, -0.2) is 50.7 Å². The summed E-state index contributed by atoms with van der Waals surface area (Å²) in [6.45, 7) is 2.65. The molecule has 1 fully saturated rings. The van der Waals surface area contributed by atoms with Crippen molar-refractivity contribution in [2.45, 2.75) is 38.3 Å². The Labute approximate surface area is 115 Å². The first-order valence-corrected chi connectivity index (χ1v) is 7.72. The molecule has 1 rings (SSSR count). The van der Waals surface area contributed by atoms with Crippen LogP contribution in [0.3, 0.4) is 0 Å². The van der Waals surface area contributed by atoms with Crippen molar-refractivity contribution in [1.82, 2.24) is 9.62 Å². The monoisotopic (exact) mass is 299 g/mol. The van der Waals surface area contributed by atoms with E-state index in [2.05, 4.69) is 4.72 Å². The van der Waals surface area contributed by atoms with Crippen LogP contribution >= 0.6 is 12.4 Å². The number of piperidine rings is 1. The van der Waals surface area contributed by atoms with Gasteiger partial charge in [0.05, 0.1) is 12.3 Å². The number of likely N-dealkylation sites (tertiary alicyclic amines) is 1. The highest BCUT2D eigenvalue weighted by Crippen LogP contribution is 2.17. The number of hydrogen-bond donors (Lipinski definition) is 2. The molecule has 3 N–H and O–H groups in total. The fraction of sp³-hybridized carbons (Fsp3) is 0.900. The summed E-state index contributed by atoms with van der Waals surface area (Å²) >= 11 is 0. The van der Waals surface area contributed by atoms with Crippen LogP contribution in [0.15, 0.2) is 0 Å². The molecule has 0 saturated carbocycles. The summed E-state index contributed by atoms with van der Waals surface area (Å²) in [4.78, 5) is 13.8. The average molecular weight is 300 g/mol. The Morgan fingerprint density at radius 2 is 2.11 bits per heavy atom. The van der Waals surface area contributed by atoms with E-state index in [1.807, 2.05) is 0 Å². The summed E-state index contributed by atoms with van der Waals surface area (Å²) in [5.74, 6) is -0.189. The van der Waals surface area contributed by atoms with E-state index in [4.69, 9.17) is 5.73 Å². The van der Waals surface area contributed by atoms with Crippen molar-refractivity contribution in [2.75, 3.05) is 19.3 Å². The third kappa shape index (κ3) is 5.09. The number of halogens is 1. The quantitative estimate of drug-likeness (QED) is 0.744. The van der Waals surface area contributed by atoms with Gasteiger partial charge in [-0.25, -0.2) is 13.1 Å². The van der Waals surface area contributed by atoms with Gasteiger partial charge in [0, 0.05) is 19.1 Å². The molecule has 2 atom stereocenters. The SMILES string of the molecule is CC(NS(C)(=O)=O)C(=O)N1CCCCC1CN.Cl. The molecule has 108 valence electrons. The third-order valence-corrected chi connectivity index (χ3v) is 3.73. The molecule has 6 nitrogen and oxygen atoms in total. The number of nitrogens with two attached hydrogens (primary N) is 1. The van der Waals surface area contributed by atoms with Gasteiger partial charge >= 0.3 is 0 Å². The fourth-order valence-electron chi connectivity index (χ4n) is 2.16. The molecule has 1 amide bonds. The van der Waals surface area contributed by atoms with Gasteiger partial charge in [-0.2, -0.15) is 0 Å². The second-order valence-electron chi connectivity index (χ2n) is 4.53. The summed E-state index contributed by atoms with van der Waals surface area (Å²) < 4.78 is 24.4. The van der Waals surface area contributed by atoms with Gasteiger partial charge in [-0.1, -0.05) is 0 Å². The van der Waals surface area contributed by atoms with Gasteiger partial charge in [0.2, 0.25) is 15.9 Å². The van der Waals surface area contributed by atoms with E-state index < -0.39 is 16.1 Å². The highest BCUT2D eigenvalue weighted by molar-refractivity contribution is 7.88. The zero-order valence-electron chi connectivity index (χ0n) is 10.8. The standard InChI is InChI=1S/C10H21N3O3S.ClH/c1-8(12-17(2,15)16)10(14)13-6-4-3-5-9(13)7-11;/h8-9,12H,3-7,11H2,1-2H3;1H. The molecule has 0 radical (unpaired) electrons. The number of nitrogens with zero attached hydrogens (tertiary/aromatic N) is 1. The van der Waals surface area contributed by atoms with Crippen molar-refractivity contribution >= 4 is 28.3 Å². The molecular weight excluding hydrogens is 278 g/mol. The van der Waals surface area contributed by atoms with Crippen molar-refractivity contribution in [1.29, 1.82) is 0 Å². The summed E-state index contributed by atoms with van der Waals surface area (Å²) in [5, 5.41) is 0. The summed E-state index contributed by atoms with van der Waals surface area (Å²) in [6, 6.07) is -0.683. The number of hydrogen-bond acceptors (Lipinski definition) is 4. The van der Waals surface area contributed by atoms with Crippen LogP contribution < -0.4 is 10.5 Å². The fourth-order valence-corrected chi connectivity index (χ4v) is 2.90. The van der Waals surface area contributed by atoms with Crippen molar-refractivity contribution in [3.8, 4) is 0 Å². The van der Waals surface area contributed by atoms with E-state index in [9.17, 15) is 13.2 Å². The molecule has 1 saturated heterocycles. The molecule has 1 aliphatic rings. The minimum absolute atomic E-state index is 0. The normalized spacial score (nSPS) is 22.2. The molecule has 0 aromatic heterocycles. The minimum Gasteiger partial charge on any atom is -0.337 e. The van der Waals surface area contributed by atoms with Gasteiger partial charge in [0.1, 0.15) is 0 Å². The highest BCUT2D eigenvalue weighted by atomic mass is 35.5. The van der Waals surface area contributed by atoms with Crippen LogP contribution in [0.25, 0.3) is 0 Å². The van der Waals surface area contributed by atoms with Gasteiger partial charge < -0.3 is 10.6 Å². The number of carbonyl (C=O) groups excluding carboxylic acids is 1. The van der Waals surface area contributed by atoms with Gasteiger partial charge in [0.15, 0.2) is 0 Å². The van der Waals surface area contributed by atoms with Crippen molar-refractivity contribution in [3.05, 3.63) is 0 Å². The number of nitrogens with one attached hydrogen (secondary N) is 1. The van der Waals surface area contributed by atoms with E-state index in [1.165, 1.54) is 0 Å². The lowest BCUT2D eigenvalue weighted by Gasteiger charge is -2.36. The predicted molar refractivity (Wildman–Crippen MR) is 73.1 cm³/mol. The minimum atomic E-state index is -3.36. The first kappa shape index (κ1) is 17.6. The Hall–Kier alpha value is -0.370. The first-order valence-electron chi connectivity index (χ1n) is 5.83. The molecule has 2 unspecified atom stereocenters. The number of amides is 1. The van der Waals surface area contributed by atoms with Crippen LogP contribution in [0.5, 0.6) is 0 Å². The summed E-state index contributed by atoms with van der Waals surface area (Å²) in [7, 11) is -3.36. The molecule has 0 aromatic carbocycles. The summed E-state index contributed by atoms with van der Waals surface area (Å²) in [6.07, 6.45) is 3.97. The Kier molecular flexibility index (Phi) is 7.13. The maximum atomic E-state index is 12.1. The van der Waals surface area contributed by atoms with Crippen LogP contribution in [0.1, 0.15) is 26.2 Å². The van der Waals surface area contributed by atoms with Crippen molar-refractivity contribution in [3.63, 3.8) is 0 Å². The molecule has 0 aromatic rings. The maximum Gasteiger partial charge on any atom is 0.240 e. The lowest BCUT2D eigenvalue weighted by Crippen LogP contribution is -2.54. The topological polar surface area (TPSA) is 92.5 Å². The zero-order valence-corrected chi connectivity index (χ0v) is 12.4. The second kappa shape index (κ2) is 7.28. The summed E-state index contributed by atoms with van der Waals surface area (Å²) in [5.41, 5.74) is 5.63. The van der Waals surface area contributed by atoms with E-state index in [1.54, 1.807) is 11.8 Å². The molecular formula is C10H22ClN3O3S. The maximum absolute atomic E-state index is 12.1. The van der Waals surface area contributed by atoms with Crippen LogP contribution in [0.4, 0.5) is 0 Å². The second-order valence-corrected chi connectivity index (χ2v) is 6.31. The number of carbonyl (C=O) groups is 1.